The van der Waals surface area contributed by atoms with E-state index in [-0.39, 0.29) is 11.0 Å². The van der Waals surface area contributed by atoms with E-state index < -0.39 is 10.0 Å². The molecular weight excluding hydrogens is 412 g/mol. The predicted octanol–water partition coefficient (Wildman–Crippen LogP) is 2.64. The summed E-state index contributed by atoms with van der Waals surface area (Å²) in [5, 5.41) is 0. The van der Waals surface area contributed by atoms with Gasteiger partial charge in [0.05, 0.1) is 6.10 Å². The zero-order chi connectivity index (χ0) is 14.8. The van der Waals surface area contributed by atoms with Gasteiger partial charge in [0.25, 0.3) is 0 Å². The largest absolute Gasteiger partial charge is 0.399 e. The Morgan fingerprint density at radius 1 is 1.35 bits per heavy atom. The maximum Gasteiger partial charge on any atom is 0.242 e. The molecule has 112 valence electrons. The maximum absolute atomic E-state index is 12.3. The molecule has 0 amide bonds. The number of halogens is 2. The minimum absolute atomic E-state index is 0.163. The monoisotopic (exact) mass is 426 g/mol. The summed E-state index contributed by atoms with van der Waals surface area (Å²) >= 11 is 6.48. The number of nitrogen functional groups attached to an aromatic ring is 1. The van der Waals surface area contributed by atoms with Crippen LogP contribution in [0.4, 0.5) is 5.69 Å². The first-order valence-corrected chi connectivity index (χ1v) is 9.33. The first-order chi connectivity index (χ1) is 9.40. The van der Waals surface area contributed by atoms with Crippen molar-refractivity contribution in [1.29, 1.82) is 0 Å². The molecule has 0 aromatic heterocycles. The van der Waals surface area contributed by atoms with Gasteiger partial charge in [-0.25, -0.2) is 13.1 Å². The quantitative estimate of drug-likeness (QED) is 0.707. The molecule has 0 spiro atoms. The van der Waals surface area contributed by atoms with Gasteiger partial charge in [-0.05, 0) is 63.3 Å². The molecule has 0 saturated carbocycles. The molecule has 1 saturated heterocycles. The highest BCUT2D eigenvalue weighted by molar-refractivity contribution is 9.11. The standard InChI is InChI=1S/C12H16Br2N2O3S/c13-10-6-8(15)7-11(14)12(10)20(17,18)16-4-3-9-2-1-5-19-9/h6-7,9,16H,1-5,15H2. The van der Waals surface area contributed by atoms with E-state index >= 15 is 0 Å². The van der Waals surface area contributed by atoms with Gasteiger partial charge in [-0.3, -0.25) is 0 Å². The van der Waals surface area contributed by atoms with Crippen LogP contribution < -0.4 is 10.5 Å². The van der Waals surface area contributed by atoms with E-state index in [1.54, 1.807) is 12.1 Å². The second-order valence-electron chi connectivity index (χ2n) is 4.64. The third-order valence-corrected chi connectivity index (χ3v) is 6.41. The molecule has 5 nitrogen and oxygen atoms in total. The van der Waals surface area contributed by atoms with E-state index in [0.717, 1.165) is 19.4 Å². The molecule has 1 heterocycles. The van der Waals surface area contributed by atoms with Crippen LogP contribution in [0.25, 0.3) is 0 Å². The number of hydrogen-bond acceptors (Lipinski definition) is 4. The van der Waals surface area contributed by atoms with Crippen molar-refractivity contribution < 1.29 is 13.2 Å². The molecule has 1 fully saturated rings. The summed E-state index contributed by atoms with van der Waals surface area (Å²) in [5.74, 6) is 0. The van der Waals surface area contributed by atoms with Crippen molar-refractivity contribution >= 4 is 47.6 Å². The van der Waals surface area contributed by atoms with Crippen molar-refractivity contribution in [1.82, 2.24) is 4.72 Å². The first-order valence-electron chi connectivity index (χ1n) is 6.26. The van der Waals surface area contributed by atoms with E-state index in [0.29, 0.717) is 27.6 Å². The predicted molar refractivity (Wildman–Crippen MR) is 85.0 cm³/mol. The second kappa shape index (κ2) is 6.74. The Morgan fingerprint density at radius 2 is 2.00 bits per heavy atom. The van der Waals surface area contributed by atoms with Crippen LogP contribution in [0.1, 0.15) is 19.3 Å². The molecule has 0 aliphatic carbocycles. The van der Waals surface area contributed by atoms with Gasteiger partial charge in [0.1, 0.15) is 4.90 Å². The van der Waals surface area contributed by atoms with Crippen molar-refractivity contribution in [2.24, 2.45) is 0 Å². The fourth-order valence-electron chi connectivity index (χ4n) is 2.13. The van der Waals surface area contributed by atoms with Crippen molar-refractivity contribution in [2.45, 2.75) is 30.3 Å². The Hall–Kier alpha value is -0.150. The van der Waals surface area contributed by atoms with Gasteiger partial charge < -0.3 is 10.5 Å². The van der Waals surface area contributed by atoms with Gasteiger partial charge in [-0.2, -0.15) is 0 Å². The van der Waals surface area contributed by atoms with E-state index in [1.807, 2.05) is 0 Å². The first kappa shape index (κ1) is 16.2. The van der Waals surface area contributed by atoms with Crippen LogP contribution in [0.5, 0.6) is 0 Å². The average molecular weight is 428 g/mol. The third-order valence-electron chi connectivity index (χ3n) is 3.07. The summed E-state index contributed by atoms with van der Waals surface area (Å²) in [6.45, 7) is 1.13. The lowest BCUT2D eigenvalue weighted by Crippen LogP contribution is -2.27. The zero-order valence-electron chi connectivity index (χ0n) is 10.7. The lowest BCUT2D eigenvalue weighted by atomic mass is 10.2. The number of nitrogens with one attached hydrogen (secondary N) is 1. The third kappa shape index (κ3) is 3.94. The highest BCUT2D eigenvalue weighted by Gasteiger charge is 2.22. The Balaban J connectivity index is 2.06. The average Bonchev–Trinajstić information content (AvgIpc) is 2.79. The van der Waals surface area contributed by atoms with Crippen molar-refractivity contribution in [3.05, 3.63) is 21.1 Å². The summed E-state index contributed by atoms with van der Waals surface area (Å²) in [5.41, 5.74) is 6.15. The summed E-state index contributed by atoms with van der Waals surface area (Å²) in [7, 11) is -3.58. The van der Waals surface area contributed by atoms with Crippen LogP contribution >= 0.6 is 31.9 Å². The van der Waals surface area contributed by atoms with Crippen LogP contribution in [0.2, 0.25) is 0 Å². The molecule has 1 aromatic carbocycles. The summed E-state index contributed by atoms with van der Waals surface area (Å²) in [6.07, 6.45) is 2.89. The lowest BCUT2D eigenvalue weighted by molar-refractivity contribution is 0.105. The lowest BCUT2D eigenvalue weighted by Gasteiger charge is -2.13. The van der Waals surface area contributed by atoms with Gasteiger partial charge in [-0.15, -0.1) is 0 Å². The van der Waals surface area contributed by atoms with Crippen LogP contribution in [0.3, 0.4) is 0 Å². The molecule has 0 bridgehead atoms. The van der Waals surface area contributed by atoms with E-state index in [2.05, 4.69) is 36.6 Å². The number of ether oxygens (including phenoxy) is 1. The summed E-state index contributed by atoms with van der Waals surface area (Å²) in [6, 6.07) is 3.14. The van der Waals surface area contributed by atoms with Gasteiger partial charge in [0, 0.05) is 27.8 Å². The Kier molecular flexibility index (Phi) is 5.47. The van der Waals surface area contributed by atoms with E-state index in [1.165, 1.54) is 0 Å². The Bertz CT molecular complexity index is 563. The van der Waals surface area contributed by atoms with Gasteiger partial charge >= 0.3 is 0 Å². The molecule has 1 aromatic rings. The zero-order valence-corrected chi connectivity index (χ0v) is 14.7. The maximum atomic E-state index is 12.3. The topological polar surface area (TPSA) is 81.4 Å². The number of sulfonamides is 1. The molecule has 3 N–H and O–H groups in total. The van der Waals surface area contributed by atoms with Crippen LogP contribution in [0, 0.1) is 0 Å². The van der Waals surface area contributed by atoms with Crippen LogP contribution in [0.15, 0.2) is 26.0 Å². The highest BCUT2D eigenvalue weighted by Crippen LogP contribution is 2.32. The number of anilines is 1. The molecule has 2 rings (SSSR count). The minimum atomic E-state index is -3.58. The smallest absolute Gasteiger partial charge is 0.242 e. The molecule has 20 heavy (non-hydrogen) atoms. The number of hydrogen-bond donors (Lipinski definition) is 2. The highest BCUT2D eigenvalue weighted by atomic mass is 79.9. The van der Waals surface area contributed by atoms with Gasteiger partial charge in [0.15, 0.2) is 0 Å². The summed E-state index contributed by atoms with van der Waals surface area (Å²) < 4.78 is 33.6. The van der Waals surface area contributed by atoms with Crippen LogP contribution in [-0.2, 0) is 14.8 Å². The van der Waals surface area contributed by atoms with E-state index in [9.17, 15) is 8.42 Å². The number of nitrogens with two attached hydrogens (primary N) is 1. The van der Waals surface area contributed by atoms with Crippen molar-refractivity contribution in [2.75, 3.05) is 18.9 Å². The fourth-order valence-corrected chi connectivity index (χ4v) is 5.80. The molecule has 1 atom stereocenters. The van der Waals surface area contributed by atoms with Gasteiger partial charge in [0.2, 0.25) is 10.0 Å². The Morgan fingerprint density at radius 3 is 2.55 bits per heavy atom. The van der Waals surface area contributed by atoms with Crippen molar-refractivity contribution in [3.63, 3.8) is 0 Å². The molecule has 0 radical (unpaired) electrons. The normalized spacial score (nSPS) is 19.4. The number of rotatable bonds is 5. The fraction of sp³-hybridized carbons (Fsp3) is 0.500. The summed E-state index contributed by atoms with van der Waals surface area (Å²) in [4.78, 5) is 0.166. The van der Waals surface area contributed by atoms with Gasteiger partial charge in [-0.1, -0.05) is 0 Å². The number of benzene rings is 1. The molecule has 8 heteroatoms. The molecular formula is C12H16Br2N2O3S. The SMILES string of the molecule is Nc1cc(Br)c(S(=O)(=O)NCCC2CCCO2)c(Br)c1. The van der Waals surface area contributed by atoms with Crippen LogP contribution in [-0.4, -0.2) is 27.7 Å². The van der Waals surface area contributed by atoms with E-state index in [4.69, 9.17) is 10.5 Å². The minimum Gasteiger partial charge on any atom is -0.399 e. The molecule has 1 unspecified atom stereocenters. The second-order valence-corrected chi connectivity index (χ2v) is 8.05. The molecule has 1 aliphatic heterocycles. The molecule has 1 aliphatic rings. The Labute approximate surface area is 135 Å². The van der Waals surface area contributed by atoms with Crippen molar-refractivity contribution in [3.8, 4) is 0 Å².